The molecule has 0 aliphatic carbocycles. The van der Waals surface area contributed by atoms with Crippen molar-refractivity contribution in [3.63, 3.8) is 0 Å². The third-order valence-corrected chi connectivity index (χ3v) is 4.06. The van der Waals surface area contributed by atoms with E-state index >= 15 is 0 Å². The Bertz CT molecular complexity index is 640. The Balaban J connectivity index is 0.00000364. The molecule has 4 N–H and O–H groups in total. The van der Waals surface area contributed by atoms with Crippen molar-refractivity contribution in [2.24, 2.45) is 0 Å². The number of carboxylic acid groups (broad SMARTS) is 2. The SMILES string of the molecule is Br.Br.O=C(O)C(NCCCCNC(C(=O)O)c1ccccc1)c1ccccc1. The summed E-state index contributed by atoms with van der Waals surface area (Å²) < 4.78 is 0. The van der Waals surface area contributed by atoms with Crippen LogP contribution in [0.3, 0.4) is 0 Å². The molecule has 0 aliphatic heterocycles. The smallest absolute Gasteiger partial charge is 0.325 e. The largest absolute Gasteiger partial charge is 0.480 e. The van der Waals surface area contributed by atoms with Crippen molar-refractivity contribution in [2.75, 3.05) is 13.1 Å². The summed E-state index contributed by atoms with van der Waals surface area (Å²) in [6.45, 7) is 1.08. The van der Waals surface area contributed by atoms with Crippen LogP contribution in [0.5, 0.6) is 0 Å². The van der Waals surface area contributed by atoms with Gasteiger partial charge in [-0.05, 0) is 37.1 Å². The summed E-state index contributed by atoms with van der Waals surface area (Å²) in [4.78, 5) is 22.8. The summed E-state index contributed by atoms with van der Waals surface area (Å²) in [5.74, 6) is -1.83. The molecule has 6 nitrogen and oxygen atoms in total. The highest BCUT2D eigenvalue weighted by Gasteiger charge is 2.19. The maximum absolute atomic E-state index is 11.4. The standard InChI is InChI=1S/C20H24N2O4.2BrH/c23-19(24)17(15-9-3-1-4-10-15)21-13-7-8-14-22-18(20(25)26)16-11-5-2-6-12-16;;/h1-6,9-12,17-18,21-22H,7-8,13-14H2,(H,23,24)(H,25,26);2*1H. The number of nitrogens with one attached hydrogen (secondary N) is 2. The number of hydrogen-bond acceptors (Lipinski definition) is 4. The fraction of sp³-hybridized carbons (Fsp3) is 0.300. The van der Waals surface area contributed by atoms with Crippen LogP contribution in [0.25, 0.3) is 0 Å². The fourth-order valence-corrected chi connectivity index (χ4v) is 2.73. The lowest BCUT2D eigenvalue weighted by atomic mass is 10.1. The van der Waals surface area contributed by atoms with E-state index in [9.17, 15) is 19.8 Å². The van der Waals surface area contributed by atoms with Gasteiger partial charge >= 0.3 is 11.9 Å². The average molecular weight is 518 g/mol. The van der Waals surface area contributed by atoms with E-state index < -0.39 is 24.0 Å². The molecule has 2 atom stereocenters. The molecule has 0 spiro atoms. The second-order valence-corrected chi connectivity index (χ2v) is 5.98. The lowest BCUT2D eigenvalue weighted by molar-refractivity contribution is -0.140. The molecule has 2 rings (SSSR count). The van der Waals surface area contributed by atoms with E-state index in [1.54, 1.807) is 24.3 Å². The first-order valence-electron chi connectivity index (χ1n) is 8.62. The minimum Gasteiger partial charge on any atom is -0.480 e. The van der Waals surface area contributed by atoms with Crippen molar-refractivity contribution in [1.29, 1.82) is 0 Å². The van der Waals surface area contributed by atoms with E-state index in [1.165, 1.54) is 0 Å². The first-order chi connectivity index (χ1) is 12.6. The Morgan fingerprint density at radius 1 is 0.679 bits per heavy atom. The molecule has 28 heavy (non-hydrogen) atoms. The zero-order valence-corrected chi connectivity index (χ0v) is 18.7. The quantitative estimate of drug-likeness (QED) is 0.339. The van der Waals surface area contributed by atoms with E-state index in [-0.39, 0.29) is 34.0 Å². The third-order valence-electron chi connectivity index (χ3n) is 4.06. The van der Waals surface area contributed by atoms with Crippen LogP contribution in [-0.2, 0) is 9.59 Å². The number of aliphatic carboxylic acids is 2. The van der Waals surface area contributed by atoms with Crippen molar-refractivity contribution >= 4 is 45.9 Å². The maximum Gasteiger partial charge on any atom is 0.325 e. The minimum atomic E-state index is -0.913. The molecule has 0 fully saturated rings. The Morgan fingerprint density at radius 3 is 1.29 bits per heavy atom. The van der Waals surface area contributed by atoms with Crippen LogP contribution in [0.2, 0.25) is 0 Å². The molecular weight excluding hydrogens is 492 g/mol. The van der Waals surface area contributed by atoms with E-state index in [2.05, 4.69) is 10.6 Å². The highest BCUT2D eigenvalue weighted by Crippen LogP contribution is 2.14. The molecule has 0 saturated heterocycles. The van der Waals surface area contributed by atoms with Gasteiger partial charge in [0.05, 0.1) is 0 Å². The van der Waals surface area contributed by atoms with Crippen LogP contribution < -0.4 is 10.6 Å². The van der Waals surface area contributed by atoms with Gasteiger partial charge in [0.25, 0.3) is 0 Å². The molecular formula is C20H26Br2N2O4. The molecule has 2 aromatic carbocycles. The van der Waals surface area contributed by atoms with Gasteiger partial charge in [-0.1, -0.05) is 60.7 Å². The van der Waals surface area contributed by atoms with Crippen molar-refractivity contribution < 1.29 is 19.8 Å². The molecule has 0 saturated carbocycles. The number of unbranched alkanes of at least 4 members (excludes halogenated alkanes) is 1. The van der Waals surface area contributed by atoms with Crippen molar-refractivity contribution in [3.05, 3.63) is 71.8 Å². The van der Waals surface area contributed by atoms with Crippen LogP contribution in [-0.4, -0.2) is 35.2 Å². The molecule has 0 amide bonds. The van der Waals surface area contributed by atoms with Crippen molar-refractivity contribution in [3.8, 4) is 0 Å². The second kappa shape index (κ2) is 14.3. The number of rotatable bonds is 11. The predicted molar refractivity (Wildman–Crippen MR) is 120 cm³/mol. The van der Waals surface area contributed by atoms with Gasteiger partial charge in [0.15, 0.2) is 0 Å². The van der Waals surface area contributed by atoms with Gasteiger partial charge in [0.2, 0.25) is 0 Å². The molecule has 8 heteroatoms. The Labute approximate surface area is 185 Å². The Morgan fingerprint density at radius 2 is 1.00 bits per heavy atom. The summed E-state index contributed by atoms with van der Waals surface area (Å²) in [5.41, 5.74) is 1.43. The lowest BCUT2D eigenvalue weighted by Gasteiger charge is -2.16. The van der Waals surface area contributed by atoms with E-state index in [0.29, 0.717) is 24.2 Å². The maximum atomic E-state index is 11.4. The molecule has 0 bridgehead atoms. The number of halogens is 2. The van der Waals surface area contributed by atoms with Gasteiger partial charge in [-0.3, -0.25) is 9.59 Å². The van der Waals surface area contributed by atoms with Crippen LogP contribution in [0.15, 0.2) is 60.7 Å². The van der Waals surface area contributed by atoms with Gasteiger partial charge in [-0.25, -0.2) is 0 Å². The average Bonchev–Trinajstić information content (AvgIpc) is 2.65. The Hall–Kier alpha value is -1.74. The Kier molecular flexibility index (Phi) is 13.4. The van der Waals surface area contributed by atoms with Gasteiger partial charge in [-0.2, -0.15) is 0 Å². The molecule has 0 radical (unpaired) electrons. The van der Waals surface area contributed by atoms with Gasteiger partial charge < -0.3 is 20.8 Å². The van der Waals surface area contributed by atoms with Crippen LogP contribution in [0.1, 0.15) is 36.1 Å². The highest BCUT2D eigenvalue weighted by molar-refractivity contribution is 8.93. The van der Waals surface area contributed by atoms with Crippen LogP contribution >= 0.6 is 34.0 Å². The monoisotopic (exact) mass is 516 g/mol. The highest BCUT2D eigenvalue weighted by atomic mass is 79.9. The van der Waals surface area contributed by atoms with Gasteiger partial charge in [0.1, 0.15) is 12.1 Å². The minimum absolute atomic E-state index is 0. The third kappa shape index (κ3) is 8.52. The summed E-state index contributed by atoms with van der Waals surface area (Å²) in [7, 11) is 0. The summed E-state index contributed by atoms with van der Waals surface area (Å²) in [5, 5.41) is 24.8. The topological polar surface area (TPSA) is 98.7 Å². The normalized spacial score (nSPS) is 12.1. The zero-order valence-electron chi connectivity index (χ0n) is 15.3. The number of benzene rings is 2. The van der Waals surface area contributed by atoms with Gasteiger partial charge in [0, 0.05) is 0 Å². The zero-order chi connectivity index (χ0) is 18.8. The van der Waals surface area contributed by atoms with E-state index in [4.69, 9.17) is 0 Å². The second-order valence-electron chi connectivity index (χ2n) is 5.98. The van der Waals surface area contributed by atoms with Crippen LogP contribution in [0, 0.1) is 0 Å². The van der Waals surface area contributed by atoms with Crippen molar-refractivity contribution in [1.82, 2.24) is 10.6 Å². The fourth-order valence-electron chi connectivity index (χ4n) is 2.73. The molecule has 0 aromatic heterocycles. The van der Waals surface area contributed by atoms with Crippen molar-refractivity contribution in [2.45, 2.75) is 24.9 Å². The first kappa shape index (κ1) is 26.3. The molecule has 2 unspecified atom stereocenters. The molecule has 154 valence electrons. The number of carbonyl (C=O) groups is 2. The first-order valence-corrected chi connectivity index (χ1v) is 8.62. The molecule has 0 heterocycles. The van der Waals surface area contributed by atoms with E-state index in [0.717, 1.165) is 12.8 Å². The number of carboxylic acids is 2. The van der Waals surface area contributed by atoms with E-state index in [1.807, 2.05) is 36.4 Å². The van der Waals surface area contributed by atoms with Crippen LogP contribution in [0.4, 0.5) is 0 Å². The molecule has 2 aromatic rings. The summed E-state index contributed by atoms with van der Waals surface area (Å²) in [6, 6.07) is 16.6. The number of hydrogen-bond donors (Lipinski definition) is 4. The summed E-state index contributed by atoms with van der Waals surface area (Å²) in [6.07, 6.45) is 1.48. The summed E-state index contributed by atoms with van der Waals surface area (Å²) >= 11 is 0. The molecule has 0 aliphatic rings. The lowest BCUT2D eigenvalue weighted by Crippen LogP contribution is -2.31. The predicted octanol–water partition coefficient (Wildman–Crippen LogP) is 3.75. The van der Waals surface area contributed by atoms with Gasteiger partial charge in [-0.15, -0.1) is 34.0 Å².